The molecule has 34 heteroatoms. The maximum absolute atomic E-state index is 15.9. The number of hydrogen-bond donors (Lipinski definition) is 18. The third kappa shape index (κ3) is 23.6. The summed E-state index contributed by atoms with van der Waals surface area (Å²) in [4.78, 5) is 204. The average molecular weight is 1500 g/mol. The smallest absolute Gasteiger partial charge is 0.350 e. The molecule has 7 aromatic rings. The number of aromatic nitrogens is 2. The Hall–Kier alpha value is -13.3. The van der Waals surface area contributed by atoms with Crippen LogP contribution in [0.4, 0.5) is 0 Å². The van der Waals surface area contributed by atoms with E-state index in [1.54, 1.807) is 78.9 Å². The first kappa shape index (κ1) is 81.4. The summed E-state index contributed by atoms with van der Waals surface area (Å²) in [5, 5.41) is 56.1. The molecule has 0 aliphatic carbocycles. The number of H-pyrrole nitrogens is 1. The molecule has 109 heavy (non-hydrogen) atoms. The van der Waals surface area contributed by atoms with Gasteiger partial charge in [-0.25, -0.2) is 9.78 Å². The van der Waals surface area contributed by atoms with Gasteiger partial charge in [0, 0.05) is 44.8 Å². The van der Waals surface area contributed by atoms with Crippen LogP contribution >= 0.6 is 0 Å². The van der Waals surface area contributed by atoms with Crippen molar-refractivity contribution in [3.05, 3.63) is 198 Å². The summed E-state index contributed by atoms with van der Waals surface area (Å²) in [5.41, 5.74) is 28.3. The highest BCUT2D eigenvalue weighted by molar-refractivity contribution is 6.02. The van der Waals surface area contributed by atoms with E-state index in [1.807, 2.05) is 12.1 Å². The van der Waals surface area contributed by atoms with E-state index in [0.29, 0.717) is 27.2 Å². The number of imidazole rings is 1. The zero-order chi connectivity index (χ0) is 79.1. The van der Waals surface area contributed by atoms with Gasteiger partial charge in [0.25, 0.3) is 0 Å². The SMILES string of the molecule is C[C@@H]1NC(=O)[C@H](CC(N)=O)NC(=O)[C@@H](Cc2ccc3ccccc3c2)NC(=O)[C@H](CCCN=C(N)N)NC(=O)[C@@H](Cc2ccccc2)NC(=O)[C@H](Cc2c[nH]cn2)NC(=O)[C@@H](NC(=O)[C@@H](N)Cc2ccc(O)cc2)CC(=O)N([C@@H](Cc2ccc(O)cc2)C(N)=O)[C@@](C)(C(=O)O)NC(=O)[C@H](Cc2ccccc2)NC1=O. The summed E-state index contributed by atoms with van der Waals surface area (Å²) in [6, 6.07) is 20.7. The molecule has 0 spiro atoms. The Morgan fingerprint density at radius 1 is 0.560 bits per heavy atom. The molecular formula is C75H88N18O16. The zero-order valence-electron chi connectivity index (χ0n) is 59.5. The number of amides is 12. The third-order valence-corrected chi connectivity index (χ3v) is 18.0. The van der Waals surface area contributed by atoms with Gasteiger partial charge in [0.1, 0.15) is 65.9 Å². The lowest BCUT2D eigenvalue weighted by Gasteiger charge is -2.43. The number of nitrogens with two attached hydrogens (primary N) is 5. The maximum atomic E-state index is 15.9. The Bertz CT molecular complexity index is 4450. The summed E-state index contributed by atoms with van der Waals surface area (Å²) in [6.45, 7) is 1.85. The number of aliphatic carboxylic acids is 1. The van der Waals surface area contributed by atoms with E-state index >= 15 is 33.6 Å². The molecule has 0 radical (unpaired) electrons. The molecular weight excluding hydrogens is 1410 g/mol. The van der Waals surface area contributed by atoms with Gasteiger partial charge in [0.15, 0.2) is 5.96 Å². The van der Waals surface area contributed by atoms with E-state index in [4.69, 9.17) is 28.7 Å². The number of fused-ring (bicyclic) bond motifs is 1. The van der Waals surface area contributed by atoms with Crippen LogP contribution in [0.5, 0.6) is 11.5 Å². The fraction of sp³-hybridized carbons (Fsp3) is 0.320. The molecule has 8 rings (SSSR count). The van der Waals surface area contributed by atoms with Gasteiger partial charge in [-0.05, 0) is 96.0 Å². The van der Waals surface area contributed by atoms with Crippen LogP contribution < -0.4 is 76.5 Å². The second kappa shape index (κ2) is 38.1. The number of aromatic amines is 1. The van der Waals surface area contributed by atoms with Crippen LogP contribution in [0.25, 0.3) is 10.8 Å². The number of carbonyl (C=O) groups excluding carboxylic acids is 12. The fourth-order valence-corrected chi connectivity index (χ4v) is 12.2. The van der Waals surface area contributed by atoms with Crippen LogP contribution in [-0.4, -0.2) is 186 Å². The van der Waals surface area contributed by atoms with Crippen molar-refractivity contribution >= 4 is 93.6 Å². The highest BCUT2D eigenvalue weighted by atomic mass is 16.4. The number of aromatic hydroxyl groups is 2. The van der Waals surface area contributed by atoms with Crippen molar-refractivity contribution in [1.82, 2.24) is 62.7 Å². The van der Waals surface area contributed by atoms with Crippen LogP contribution in [0.3, 0.4) is 0 Å². The number of phenolic OH excluding ortho intramolecular Hbond substituents is 2. The lowest BCUT2D eigenvalue weighted by atomic mass is 9.97. The van der Waals surface area contributed by atoms with E-state index in [-0.39, 0.29) is 67.4 Å². The van der Waals surface area contributed by atoms with E-state index in [0.717, 1.165) is 24.6 Å². The van der Waals surface area contributed by atoms with Gasteiger partial charge in [-0.1, -0.05) is 127 Å². The number of carboxylic acid groups (broad SMARTS) is 1. The number of nitrogens with one attached hydrogen (secondary N) is 10. The predicted octanol–water partition coefficient (Wildman–Crippen LogP) is -2.11. The Morgan fingerprint density at radius 3 is 1.58 bits per heavy atom. The van der Waals surface area contributed by atoms with E-state index in [1.165, 1.54) is 73.2 Å². The molecule has 6 aromatic carbocycles. The molecule has 12 amide bonds. The monoisotopic (exact) mass is 1500 g/mol. The van der Waals surface area contributed by atoms with Crippen LogP contribution in [0.2, 0.25) is 0 Å². The third-order valence-electron chi connectivity index (χ3n) is 18.0. The molecule has 0 bridgehead atoms. The molecule has 1 aliphatic rings. The largest absolute Gasteiger partial charge is 0.508 e. The van der Waals surface area contributed by atoms with Gasteiger partial charge < -0.3 is 96.8 Å². The van der Waals surface area contributed by atoms with Gasteiger partial charge in [-0.2, -0.15) is 0 Å². The van der Waals surface area contributed by atoms with Crippen LogP contribution in [0.15, 0.2) is 169 Å². The Morgan fingerprint density at radius 2 is 1.04 bits per heavy atom. The van der Waals surface area contributed by atoms with Crippen LogP contribution in [-0.2, 0) is 101 Å². The number of benzene rings is 6. The van der Waals surface area contributed by atoms with Crippen molar-refractivity contribution < 1.29 is 77.6 Å². The number of hydrogen-bond acceptors (Lipinski definition) is 18. The van der Waals surface area contributed by atoms with Crippen molar-refractivity contribution in [1.29, 1.82) is 0 Å². The molecule has 1 fully saturated rings. The lowest BCUT2D eigenvalue weighted by Crippen LogP contribution is -2.72. The summed E-state index contributed by atoms with van der Waals surface area (Å²) >= 11 is 0. The minimum absolute atomic E-state index is 0.00753. The van der Waals surface area contributed by atoms with Gasteiger partial charge >= 0.3 is 5.97 Å². The zero-order valence-corrected chi connectivity index (χ0v) is 59.5. The van der Waals surface area contributed by atoms with Crippen LogP contribution in [0.1, 0.15) is 73.0 Å². The normalized spacial score (nSPS) is 21.7. The molecule has 1 aliphatic heterocycles. The maximum Gasteiger partial charge on any atom is 0.350 e. The van der Waals surface area contributed by atoms with Crippen molar-refractivity contribution in [2.45, 2.75) is 144 Å². The Balaban J connectivity index is 1.30. The van der Waals surface area contributed by atoms with E-state index in [2.05, 4.69) is 62.8 Å². The highest BCUT2D eigenvalue weighted by Gasteiger charge is 2.51. The van der Waals surface area contributed by atoms with E-state index in [9.17, 15) is 44.1 Å². The first-order valence-electron chi connectivity index (χ1n) is 34.7. The molecule has 0 saturated carbocycles. The van der Waals surface area contributed by atoms with Gasteiger partial charge in [-0.3, -0.25) is 67.4 Å². The first-order chi connectivity index (χ1) is 51.9. The minimum Gasteiger partial charge on any atom is -0.508 e. The van der Waals surface area contributed by atoms with Crippen LogP contribution in [0, 0.1) is 0 Å². The first-order valence-corrected chi connectivity index (χ1v) is 34.7. The molecule has 34 nitrogen and oxygen atoms in total. The summed E-state index contributed by atoms with van der Waals surface area (Å²) < 4.78 is 0. The second-order valence-electron chi connectivity index (χ2n) is 26.4. The lowest BCUT2D eigenvalue weighted by molar-refractivity contribution is -0.168. The number of phenols is 2. The number of guanidine groups is 1. The molecule has 574 valence electrons. The molecule has 1 saturated heterocycles. The van der Waals surface area contributed by atoms with Gasteiger partial charge in [0.2, 0.25) is 76.5 Å². The molecule has 11 atom stereocenters. The number of rotatable bonds is 23. The molecule has 23 N–H and O–H groups in total. The van der Waals surface area contributed by atoms with Gasteiger partial charge in [0.05, 0.1) is 30.9 Å². The predicted molar refractivity (Wildman–Crippen MR) is 395 cm³/mol. The van der Waals surface area contributed by atoms with Crippen molar-refractivity contribution in [2.75, 3.05) is 6.54 Å². The number of primary amides is 2. The fourth-order valence-electron chi connectivity index (χ4n) is 12.2. The highest BCUT2D eigenvalue weighted by Crippen LogP contribution is 2.25. The summed E-state index contributed by atoms with van der Waals surface area (Å²) in [7, 11) is 0. The van der Waals surface area contributed by atoms with Crippen molar-refractivity contribution in [3.63, 3.8) is 0 Å². The number of nitrogens with zero attached hydrogens (tertiary/aromatic N) is 3. The average Bonchev–Trinajstić information content (AvgIpc) is 0.829. The minimum atomic E-state index is -3.19. The van der Waals surface area contributed by atoms with Crippen molar-refractivity contribution in [2.24, 2.45) is 33.7 Å². The van der Waals surface area contributed by atoms with E-state index < -0.39 is 175 Å². The van der Waals surface area contributed by atoms with Crippen molar-refractivity contribution in [3.8, 4) is 11.5 Å². The molecule has 2 heterocycles. The number of aliphatic imine (C=N–C) groups is 1. The summed E-state index contributed by atoms with van der Waals surface area (Å²) in [6.07, 6.45) is -2.47. The standard InChI is InChI=1S/C75H88N18O16/c1-41-64(99)86-56(33-43-14-7-4-8-15-43)72(107)92-75(2,73(108)109)93(60(63(78)98)35-45-22-27-51(95)28-23-45)62(97)38-59(87-65(100)52(76)31-44-20-25-50(94)26-21-44)71(106)90-57(36-49-39-81-40-83-49)70(105)89-54(32-42-12-5-3-6-13-42)68(103)85-53(18-11-29-82-74(79)80)66(101)88-55(69(104)91-58(37-61(77)96)67(102)84-41)34-46-19-24-47-16-9-10-17-48(47)30-46/h3-10,12-17,19-28,30,39-41,52-60,94-95H,11,18,29,31-38,76H2,1-2H3,(H2,77,96)(H2,78,98)(H,81,83)(H,84,102)(H,85,103)(H,86,99)(H,87,100)(H,88,101)(H,89,105)(H,90,106)(H,91,104)(H,92,107)(H,108,109)(H4,79,80,82)/t41-,52-,53-,54+,55+,56-,57-,58-,59-,60-,75-/m0/s1. The van der Waals surface area contributed by atoms with Gasteiger partial charge in [-0.15, -0.1) is 0 Å². The number of carboxylic acids is 1. The second-order valence-corrected chi connectivity index (χ2v) is 26.4. The summed E-state index contributed by atoms with van der Waals surface area (Å²) in [5.74, 6) is -17.3. The molecule has 0 unspecified atom stereocenters. The Kier molecular flexibility index (Phi) is 28.5. The quantitative estimate of drug-likeness (QED) is 0.0185. The Labute approximate surface area is 624 Å². The molecule has 1 aromatic heterocycles. The number of carbonyl (C=O) groups is 13. The topological polar surface area (TPSA) is 565 Å².